The number of ether oxygens (including phenoxy) is 1. The van der Waals surface area contributed by atoms with Gasteiger partial charge in [0.1, 0.15) is 11.9 Å². The van der Waals surface area contributed by atoms with E-state index in [9.17, 15) is 4.79 Å². The van der Waals surface area contributed by atoms with E-state index in [1.807, 2.05) is 29.2 Å². The molecule has 26 heavy (non-hydrogen) atoms. The fourth-order valence-electron chi connectivity index (χ4n) is 3.25. The van der Waals surface area contributed by atoms with Crippen LogP contribution in [-0.2, 0) is 16.0 Å². The molecule has 1 atom stereocenters. The smallest absolute Gasteiger partial charge is 0.229 e. The Morgan fingerprint density at radius 2 is 2.15 bits per heavy atom. The SMILES string of the molecule is O=C(Cc1ccccn1)N1CCOC[C@@H]1c1nccc(NC2CCC2)n1. The summed E-state index contributed by atoms with van der Waals surface area (Å²) < 4.78 is 5.61. The molecule has 136 valence electrons. The Balaban J connectivity index is 1.49. The minimum Gasteiger partial charge on any atom is -0.377 e. The number of pyridine rings is 1. The third kappa shape index (κ3) is 3.83. The summed E-state index contributed by atoms with van der Waals surface area (Å²) in [5.74, 6) is 1.48. The van der Waals surface area contributed by atoms with E-state index in [0.29, 0.717) is 31.6 Å². The Morgan fingerprint density at radius 1 is 1.23 bits per heavy atom. The van der Waals surface area contributed by atoms with Crippen molar-refractivity contribution in [3.63, 3.8) is 0 Å². The summed E-state index contributed by atoms with van der Waals surface area (Å²) in [7, 11) is 0. The van der Waals surface area contributed by atoms with Gasteiger partial charge in [-0.25, -0.2) is 9.97 Å². The molecule has 4 rings (SSSR count). The van der Waals surface area contributed by atoms with E-state index in [1.54, 1.807) is 12.4 Å². The number of nitrogens with one attached hydrogen (secondary N) is 1. The number of carbonyl (C=O) groups excluding carboxylic acids is 1. The molecule has 1 saturated heterocycles. The Hall–Kier alpha value is -2.54. The number of anilines is 1. The summed E-state index contributed by atoms with van der Waals surface area (Å²) in [6.45, 7) is 1.49. The van der Waals surface area contributed by atoms with Gasteiger partial charge in [0.2, 0.25) is 5.91 Å². The Kier molecular flexibility index (Phi) is 5.06. The zero-order valence-electron chi connectivity index (χ0n) is 14.7. The van der Waals surface area contributed by atoms with E-state index in [-0.39, 0.29) is 18.4 Å². The maximum absolute atomic E-state index is 12.8. The lowest BCUT2D eigenvalue weighted by atomic mass is 9.93. The number of hydrogen-bond donors (Lipinski definition) is 1. The lowest BCUT2D eigenvalue weighted by molar-refractivity contribution is -0.139. The van der Waals surface area contributed by atoms with Gasteiger partial charge in [-0.15, -0.1) is 0 Å². The molecule has 0 aromatic carbocycles. The number of morpholine rings is 1. The Morgan fingerprint density at radius 3 is 2.92 bits per heavy atom. The molecule has 7 heteroatoms. The van der Waals surface area contributed by atoms with Crippen molar-refractivity contribution in [2.24, 2.45) is 0 Å². The Bertz CT molecular complexity index is 751. The average Bonchev–Trinajstić information content (AvgIpc) is 2.66. The van der Waals surface area contributed by atoms with E-state index < -0.39 is 0 Å². The van der Waals surface area contributed by atoms with Crippen LogP contribution in [0.15, 0.2) is 36.7 Å². The van der Waals surface area contributed by atoms with Crippen molar-refractivity contribution in [1.82, 2.24) is 19.9 Å². The van der Waals surface area contributed by atoms with Crippen LogP contribution in [0, 0.1) is 0 Å². The van der Waals surface area contributed by atoms with E-state index >= 15 is 0 Å². The van der Waals surface area contributed by atoms with Crippen molar-refractivity contribution in [3.8, 4) is 0 Å². The Labute approximate surface area is 152 Å². The molecule has 2 aromatic heterocycles. The quantitative estimate of drug-likeness (QED) is 0.885. The van der Waals surface area contributed by atoms with Crippen molar-refractivity contribution < 1.29 is 9.53 Å². The van der Waals surface area contributed by atoms with Crippen LogP contribution in [0.4, 0.5) is 5.82 Å². The molecule has 0 spiro atoms. The molecule has 0 unspecified atom stereocenters. The first-order chi connectivity index (χ1) is 12.8. The lowest BCUT2D eigenvalue weighted by Gasteiger charge is -2.35. The third-order valence-electron chi connectivity index (χ3n) is 4.94. The van der Waals surface area contributed by atoms with Crippen molar-refractivity contribution in [2.45, 2.75) is 37.8 Å². The first kappa shape index (κ1) is 16.9. The van der Waals surface area contributed by atoms with Crippen molar-refractivity contribution in [1.29, 1.82) is 0 Å². The van der Waals surface area contributed by atoms with Crippen LogP contribution >= 0.6 is 0 Å². The van der Waals surface area contributed by atoms with Crippen LogP contribution in [-0.4, -0.2) is 51.6 Å². The molecule has 1 saturated carbocycles. The predicted octanol–water partition coefficient (Wildman–Crippen LogP) is 1.98. The van der Waals surface area contributed by atoms with Gasteiger partial charge < -0.3 is 15.0 Å². The van der Waals surface area contributed by atoms with Gasteiger partial charge in [-0.05, 0) is 37.5 Å². The highest BCUT2D eigenvalue weighted by molar-refractivity contribution is 5.78. The van der Waals surface area contributed by atoms with Gasteiger partial charge >= 0.3 is 0 Å². The maximum atomic E-state index is 12.8. The van der Waals surface area contributed by atoms with Crippen LogP contribution in [0.5, 0.6) is 0 Å². The second kappa shape index (κ2) is 7.78. The minimum atomic E-state index is -0.261. The summed E-state index contributed by atoms with van der Waals surface area (Å²) in [6, 6.07) is 7.73. The van der Waals surface area contributed by atoms with Crippen LogP contribution in [0.2, 0.25) is 0 Å². The normalized spacial score (nSPS) is 20.5. The zero-order valence-corrected chi connectivity index (χ0v) is 14.7. The molecule has 0 bridgehead atoms. The van der Waals surface area contributed by atoms with E-state index in [0.717, 1.165) is 11.5 Å². The number of hydrogen-bond acceptors (Lipinski definition) is 6. The topological polar surface area (TPSA) is 80.2 Å². The molecule has 3 heterocycles. The monoisotopic (exact) mass is 353 g/mol. The maximum Gasteiger partial charge on any atom is 0.229 e. The first-order valence-corrected chi connectivity index (χ1v) is 9.16. The molecule has 2 aliphatic rings. The van der Waals surface area contributed by atoms with Crippen LogP contribution < -0.4 is 5.32 Å². The van der Waals surface area contributed by atoms with E-state index in [2.05, 4.69) is 20.3 Å². The van der Waals surface area contributed by atoms with Gasteiger partial charge in [0.15, 0.2) is 5.82 Å². The fraction of sp³-hybridized carbons (Fsp3) is 0.474. The molecule has 2 aromatic rings. The lowest BCUT2D eigenvalue weighted by Crippen LogP contribution is -2.44. The molecule has 1 aliphatic carbocycles. The molecule has 1 amide bonds. The van der Waals surface area contributed by atoms with Crippen LogP contribution in [0.3, 0.4) is 0 Å². The number of nitrogens with zero attached hydrogens (tertiary/aromatic N) is 4. The van der Waals surface area contributed by atoms with Crippen molar-refractivity contribution in [3.05, 3.63) is 48.2 Å². The third-order valence-corrected chi connectivity index (χ3v) is 4.94. The highest BCUT2D eigenvalue weighted by atomic mass is 16.5. The largest absolute Gasteiger partial charge is 0.377 e. The standard InChI is InChI=1S/C19H23N5O2/c25-18(12-15-4-1-2-8-20-15)24-10-11-26-13-16(24)19-21-9-7-17(23-19)22-14-5-3-6-14/h1-2,4,7-9,14,16H,3,5-6,10-13H2,(H,21,22,23)/t16-/m1/s1. The van der Waals surface area contributed by atoms with Gasteiger partial charge in [-0.2, -0.15) is 0 Å². The van der Waals surface area contributed by atoms with Crippen LogP contribution in [0.25, 0.3) is 0 Å². The van der Waals surface area contributed by atoms with E-state index in [4.69, 9.17) is 4.74 Å². The predicted molar refractivity (Wildman–Crippen MR) is 96.5 cm³/mol. The van der Waals surface area contributed by atoms with Crippen molar-refractivity contribution >= 4 is 11.7 Å². The first-order valence-electron chi connectivity index (χ1n) is 9.16. The van der Waals surface area contributed by atoms with Crippen molar-refractivity contribution in [2.75, 3.05) is 25.1 Å². The molecule has 0 radical (unpaired) electrons. The molecule has 2 fully saturated rings. The van der Waals surface area contributed by atoms with Crippen LogP contribution in [0.1, 0.15) is 36.8 Å². The summed E-state index contributed by atoms with van der Waals surface area (Å²) in [4.78, 5) is 28.0. The highest BCUT2D eigenvalue weighted by Crippen LogP contribution is 2.25. The van der Waals surface area contributed by atoms with Gasteiger partial charge in [0.05, 0.1) is 19.6 Å². The number of rotatable bonds is 5. The summed E-state index contributed by atoms with van der Waals surface area (Å²) in [5.41, 5.74) is 0.768. The van der Waals surface area contributed by atoms with Gasteiger partial charge in [0, 0.05) is 30.7 Å². The molecule has 1 N–H and O–H groups in total. The molecule has 7 nitrogen and oxygen atoms in total. The van der Waals surface area contributed by atoms with Gasteiger partial charge in [-0.3, -0.25) is 9.78 Å². The number of amides is 1. The average molecular weight is 353 g/mol. The highest BCUT2D eigenvalue weighted by Gasteiger charge is 2.31. The zero-order chi connectivity index (χ0) is 17.8. The fourth-order valence-corrected chi connectivity index (χ4v) is 3.25. The molecule has 1 aliphatic heterocycles. The second-order valence-corrected chi connectivity index (χ2v) is 6.75. The second-order valence-electron chi connectivity index (χ2n) is 6.75. The van der Waals surface area contributed by atoms with Gasteiger partial charge in [-0.1, -0.05) is 6.07 Å². The molecular weight excluding hydrogens is 330 g/mol. The summed E-state index contributed by atoms with van der Waals surface area (Å²) >= 11 is 0. The molecular formula is C19H23N5O2. The summed E-state index contributed by atoms with van der Waals surface area (Å²) in [5, 5.41) is 3.44. The number of carbonyl (C=O) groups is 1. The van der Waals surface area contributed by atoms with E-state index in [1.165, 1.54) is 19.3 Å². The summed E-state index contributed by atoms with van der Waals surface area (Å²) in [6.07, 6.45) is 7.36. The minimum absolute atomic E-state index is 0.0259. The number of aromatic nitrogens is 3. The van der Waals surface area contributed by atoms with Gasteiger partial charge in [0.25, 0.3) is 0 Å².